The summed E-state index contributed by atoms with van der Waals surface area (Å²) in [6.45, 7) is 8.22. The van der Waals surface area contributed by atoms with Crippen LogP contribution in [-0.2, 0) is 0 Å². The van der Waals surface area contributed by atoms with Crippen LogP contribution in [-0.4, -0.2) is 13.2 Å². The molecule has 0 amide bonds. The maximum Gasteiger partial charge on any atom is 0.120 e. The van der Waals surface area contributed by atoms with Gasteiger partial charge in [-0.1, -0.05) is 19.9 Å². The zero-order chi connectivity index (χ0) is 11.0. The Bertz CT molecular complexity index is 246. The number of ether oxygens (including phenoxy) is 1. The van der Waals surface area contributed by atoms with Gasteiger partial charge in [-0.3, -0.25) is 0 Å². The zero-order valence-electron chi connectivity index (χ0n) is 9.79. The molecule has 0 saturated carbocycles. The minimum atomic E-state index is 0.456. The molecular weight excluding hydrogens is 174 g/mol. The van der Waals surface area contributed by atoms with Crippen molar-refractivity contribution in [2.24, 2.45) is 0 Å². The van der Waals surface area contributed by atoms with Crippen molar-refractivity contribution in [1.29, 1.82) is 0 Å². The molecule has 0 fully saturated rings. The van der Waals surface area contributed by atoms with Gasteiger partial charge in [-0.15, -0.1) is 0 Å². The number of anilines is 1. The Morgan fingerprint density at radius 1 is 1.21 bits per heavy atom. The molecule has 0 spiro atoms. The molecule has 1 N–H and O–H groups in total. The molecule has 0 saturated heterocycles. The van der Waals surface area contributed by atoms with Gasteiger partial charge in [0.2, 0.25) is 0 Å². The summed E-state index contributed by atoms with van der Waals surface area (Å²) in [6, 6.07) is 8.38. The lowest BCUT2D eigenvalue weighted by Crippen LogP contribution is -2.09. The van der Waals surface area contributed by atoms with Crippen molar-refractivity contribution in [1.82, 2.24) is 0 Å². The molecule has 1 rings (SSSR count). The third-order valence-electron chi connectivity index (χ3n) is 1.53. The second-order valence-electron chi connectivity index (χ2n) is 3.03. The van der Waals surface area contributed by atoms with E-state index >= 15 is 0 Å². The molecule has 2 heteroatoms. The normalized spacial score (nSPS) is 9.00. The van der Waals surface area contributed by atoms with Gasteiger partial charge in [-0.25, -0.2) is 0 Å². The molecule has 0 atom stereocenters. The maximum absolute atomic E-state index is 5.10. The van der Waals surface area contributed by atoms with Gasteiger partial charge in [0.1, 0.15) is 5.75 Å². The SMILES string of the molecule is CC.COc1cccc(NC(C)C)c1. The standard InChI is InChI=1S/C10H15NO.C2H6/c1-8(2)11-9-5-4-6-10(7-9)12-3;1-2/h4-8,11H,1-3H3;1-2H3. The summed E-state index contributed by atoms with van der Waals surface area (Å²) in [7, 11) is 1.68. The average Bonchev–Trinajstić information content (AvgIpc) is 2.20. The van der Waals surface area contributed by atoms with E-state index in [0.29, 0.717) is 6.04 Å². The van der Waals surface area contributed by atoms with Crippen molar-refractivity contribution in [2.75, 3.05) is 12.4 Å². The van der Waals surface area contributed by atoms with E-state index in [4.69, 9.17) is 4.74 Å². The van der Waals surface area contributed by atoms with Gasteiger partial charge >= 0.3 is 0 Å². The van der Waals surface area contributed by atoms with Crippen molar-refractivity contribution < 1.29 is 4.74 Å². The summed E-state index contributed by atoms with van der Waals surface area (Å²) in [6.07, 6.45) is 0. The highest BCUT2D eigenvalue weighted by Gasteiger charge is 1.95. The first-order valence-corrected chi connectivity index (χ1v) is 5.13. The van der Waals surface area contributed by atoms with Gasteiger partial charge in [0.15, 0.2) is 0 Å². The van der Waals surface area contributed by atoms with Crippen LogP contribution in [0.2, 0.25) is 0 Å². The summed E-state index contributed by atoms with van der Waals surface area (Å²) in [4.78, 5) is 0. The minimum absolute atomic E-state index is 0.456. The second-order valence-corrected chi connectivity index (χ2v) is 3.03. The van der Waals surface area contributed by atoms with Crippen LogP contribution in [0.4, 0.5) is 5.69 Å². The topological polar surface area (TPSA) is 21.3 Å². The Hall–Kier alpha value is -1.18. The summed E-state index contributed by atoms with van der Waals surface area (Å²) < 4.78 is 5.10. The van der Waals surface area contributed by atoms with Crippen LogP contribution in [0.25, 0.3) is 0 Å². The molecular formula is C12H21NO. The maximum atomic E-state index is 5.10. The third-order valence-corrected chi connectivity index (χ3v) is 1.53. The highest BCUT2D eigenvalue weighted by Crippen LogP contribution is 2.16. The lowest BCUT2D eigenvalue weighted by Gasteiger charge is -2.10. The molecule has 0 unspecified atom stereocenters. The fourth-order valence-corrected chi connectivity index (χ4v) is 1.05. The van der Waals surface area contributed by atoms with Crippen molar-refractivity contribution in [3.63, 3.8) is 0 Å². The molecule has 0 heterocycles. The summed E-state index contributed by atoms with van der Waals surface area (Å²) in [5, 5.41) is 3.30. The third kappa shape index (κ3) is 4.75. The van der Waals surface area contributed by atoms with Crippen molar-refractivity contribution in [3.8, 4) is 5.75 Å². The van der Waals surface area contributed by atoms with Crippen molar-refractivity contribution in [2.45, 2.75) is 33.7 Å². The highest BCUT2D eigenvalue weighted by molar-refractivity contribution is 5.48. The molecule has 0 aliphatic heterocycles. The predicted molar refractivity (Wildman–Crippen MR) is 63.1 cm³/mol. The van der Waals surface area contributed by atoms with Crippen LogP contribution in [0.5, 0.6) is 5.75 Å². The Balaban J connectivity index is 0.000000791. The lowest BCUT2D eigenvalue weighted by atomic mass is 10.2. The Labute approximate surface area is 87.3 Å². The van der Waals surface area contributed by atoms with Gasteiger partial charge in [0.05, 0.1) is 7.11 Å². The fraction of sp³-hybridized carbons (Fsp3) is 0.500. The number of methoxy groups -OCH3 is 1. The van der Waals surface area contributed by atoms with Crippen LogP contribution in [0.1, 0.15) is 27.7 Å². The first kappa shape index (κ1) is 12.8. The number of nitrogens with one attached hydrogen (secondary N) is 1. The van der Waals surface area contributed by atoms with E-state index in [2.05, 4.69) is 19.2 Å². The predicted octanol–water partition coefficient (Wildman–Crippen LogP) is 3.54. The van der Waals surface area contributed by atoms with E-state index in [1.54, 1.807) is 7.11 Å². The van der Waals surface area contributed by atoms with E-state index in [0.717, 1.165) is 11.4 Å². The van der Waals surface area contributed by atoms with Crippen LogP contribution in [0, 0.1) is 0 Å². The van der Waals surface area contributed by atoms with Gasteiger partial charge < -0.3 is 10.1 Å². The lowest BCUT2D eigenvalue weighted by molar-refractivity contribution is 0.415. The Morgan fingerprint density at radius 2 is 1.86 bits per heavy atom. The van der Waals surface area contributed by atoms with Gasteiger partial charge in [0.25, 0.3) is 0 Å². The molecule has 1 aromatic rings. The van der Waals surface area contributed by atoms with E-state index in [-0.39, 0.29) is 0 Å². The van der Waals surface area contributed by atoms with Crippen LogP contribution < -0.4 is 10.1 Å². The van der Waals surface area contributed by atoms with E-state index < -0.39 is 0 Å². The number of rotatable bonds is 3. The minimum Gasteiger partial charge on any atom is -0.497 e. The molecule has 0 aromatic heterocycles. The number of benzene rings is 1. The second kappa shape index (κ2) is 7.25. The molecule has 80 valence electrons. The first-order valence-electron chi connectivity index (χ1n) is 5.13. The quantitative estimate of drug-likeness (QED) is 0.796. The average molecular weight is 195 g/mol. The van der Waals surface area contributed by atoms with Gasteiger partial charge in [0, 0.05) is 17.8 Å². The first-order chi connectivity index (χ1) is 6.72. The van der Waals surface area contributed by atoms with Crippen molar-refractivity contribution in [3.05, 3.63) is 24.3 Å². The smallest absolute Gasteiger partial charge is 0.120 e. The van der Waals surface area contributed by atoms with E-state index in [1.165, 1.54) is 0 Å². The van der Waals surface area contributed by atoms with Gasteiger partial charge in [-0.05, 0) is 26.0 Å². The molecule has 0 bridgehead atoms. The zero-order valence-corrected chi connectivity index (χ0v) is 9.79. The Kier molecular flexibility index (Phi) is 6.63. The summed E-state index contributed by atoms with van der Waals surface area (Å²) in [5.41, 5.74) is 1.10. The van der Waals surface area contributed by atoms with Crippen molar-refractivity contribution >= 4 is 5.69 Å². The molecule has 0 aliphatic rings. The monoisotopic (exact) mass is 195 g/mol. The van der Waals surface area contributed by atoms with Crippen LogP contribution in [0.3, 0.4) is 0 Å². The van der Waals surface area contributed by atoms with Crippen LogP contribution in [0.15, 0.2) is 24.3 Å². The summed E-state index contributed by atoms with van der Waals surface area (Å²) >= 11 is 0. The molecule has 14 heavy (non-hydrogen) atoms. The van der Waals surface area contributed by atoms with E-state index in [9.17, 15) is 0 Å². The summed E-state index contributed by atoms with van der Waals surface area (Å²) in [5.74, 6) is 0.889. The fourth-order valence-electron chi connectivity index (χ4n) is 1.05. The largest absolute Gasteiger partial charge is 0.497 e. The van der Waals surface area contributed by atoms with Crippen LogP contribution >= 0.6 is 0 Å². The highest BCUT2D eigenvalue weighted by atomic mass is 16.5. The molecule has 2 nitrogen and oxygen atoms in total. The number of hydrogen-bond acceptors (Lipinski definition) is 2. The molecule has 0 radical (unpaired) electrons. The molecule has 1 aromatic carbocycles. The number of hydrogen-bond donors (Lipinski definition) is 1. The Morgan fingerprint density at radius 3 is 2.36 bits per heavy atom. The molecule has 0 aliphatic carbocycles. The van der Waals surface area contributed by atoms with Gasteiger partial charge in [-0.2, -0.15) is 0 Å². The van der Waals surface area contributed by atoms with E-state index in [1.807, 2.05) is 38.1 Å².